The van der Waals surface area contributed by atoms with Gasteiger partial charge < -0.3 is 10.2 Å². The van der Waals surface area contributed by atoms with Gasteiger partial charge in [-0.25, -0.2) is 8.42 Å². The number of pyridine rings is 1. The van der Waals surface area contributed by atoms with E-state index in [1.807, 2.05) is 4.90 Å². The molecule has 1 amide bonds. The SMILES string of the molecule is Cl.O=C1CNCCN1C1CCCN(S(=O)(=O)c2cccnc2)C1. The molecule has 7 nitrogen and oxygen atoms in total. The molecule has 1 atom stereocenters. The van der Waals surface area contributed by atoms with Crippen LogP contribution in [-0.2, 0) is 14.8 Å². The molecule has 3 rings (SSSR count). The van der Waals surface area contributed by atoms with Crippen molar-refractivity contribution >= 4 is 28.3 Å². The second-order valence-corrected chi connectivity index (χ2v) is 7.55. The molecule has 2 aliphatic heterocycles. The second-order valence-electron chi connectivity index (χ2n) is 5.61. The van der Waals surface area contributed by atoms with Crippen LogP contribution in [0.4, 0.5) is 0 Å². The number of aromatic nitrogens is 1. The Bertz CT molecular complexity index is 641. The van der Waals surface area contributed by atoms with Crippen LogP contribution in [0.5, 0.6) is 0 Å². The number of rotatable bonds is 3. The Balaban J connectivity index is 0.00000192. The first-order valence-corrected chi connectivity index (χ1v) is 8.93. The third-order valence-corrected chi connectivity index (χ3v) is 6.05. The van der Waals surface area contributed by atoms with Crippen molar-refractivity contribution in [2.45, 2.75) is 23.8 Å². The van der Waals surface area contributed by atoms with Crippen LogP contribution in [0, 0.1) is 0 Å². The van der Waals surface area contributed by atoms with Gasteiger partial charge in [0, 0.05) is 44.6 Å². The van der Waals surface area contributed by atoms with Gasteiger partial charge in [-0.3, -0.25) is 9.78 Å². The van der Waals surface area contributed by atoms with E-state index in [-0.39, 0.29) is 29.3 Å². The minimum atomic E-state index is -3.53. The Kier molecular flexibility index (Phi) is 5.96. The fourth-order valence-electron chi connectivity index (χ4n) is 3.05. The monoisotopic (exact) mass is 360 g/mol. The molecule has 23 heavy (non-hydrogen) atoms. The van der Waals surface area contributed by atoms with Gasteiger partial charge in [-0.05, 0) is 25.0 Å². The third kappa shape index (κ3) is 3.82. The molecule has 9 heteroatoms. The van der Waals surface area contributed by atoms with E-state index < -0.39 is 10.0 Å². The second kappa shape index (κ2) is 7.57. The van der Waals surface area contributed by atoms with Gasteiger partial charge in [0.25, 0.3) is 0 Å². The highest BCUT2D eigenvalue weighted by molar-refractivity contribution is 7.89. The molecule has 0 aliphatic carbocycles. The highest BCUT2D eigenvalue weighted by atomic mass is 35.5. The number of halogens is 1. The number of piperazine rings is 1. The largest absolute Gasteiger partial charge is 0.336 e. The summed E-state index contributed by atoms with van der Waals surface area (Å²) < 4.78 is 26.8. The number of piperidine rings is 1. The van der Waals surface area contributed by atoms with Crippen molar-refractivity contribution in [2.24, 2.45) is 0 Å². The zero-order chi connectivity index (χ0) is 15.6. The number of sulfonamides is 1. The summed E-state index contributed by atoms with van der Waals surface area (Å²) in [6.07, 6.45) is 4.54. The molecule has 2 aliphatic rings. The van der Waals surface area contributed by atoms with Crippen molar-refractivity contribution < 1.29 is 13.2 Å². The van der Waals surface area contributed by atoms with Gasteiger partial charge in [0.1, 0.15) is 4.90 Å². The summed E-state index contributed by atoms with van der Waals surface area (Å²) in [6, 6.07) is 3.14. The number of nitrogens with zero attached hydrogens (tertiary/aromatic N) is 3. The molecule has 3 heterocycles. The minimum Gasteiger partial charge on any atom is -0.336 e. The number of carbonyl (C=O) groups is 1. The van der Waals surface area contributed by atoms with Gasteiger partial charge in [-0.1, -0.05) is 0 Å². The van der Waals surface area contributed by atoms with E-state index in [0.29, 0.717) is 26.2 Å². The van der Waals surface area contributed by atoms with Crippen molar-refractivity contribution in [2.75, 3.05) is 32.7 Å². The molecule has 1 aromatic heterocycles. The van der Waals surface area contributed by atoms with Gasteiger partial charge in [-0.2, -0.15) is 4.31 Å². The van der Waals surface area contributed by atoms with Gasteiger partial charge in [0.15, 0.2) is 0 Å². The van der Waals surface area contributed by atoms with Crippen LogP contribution >= 0.6 is 12.4 Å². The van der Waals surface area contributed by atoms with Crippen molar-refractivity contribution in [3.8, 4) is 0 Å². The Morgan fingerprint density at radius 2 is 2.13 bits per heavy atom. The van der Waals surface area contributed by atoms with Crippen molar-refractivity contribution in [1.29, 1.82) is 0 Å². The Morgan fingerprint density at radius 1 is 1.30 bits per heavy atom. The first-order chi connectivity index (χ1) is 10.6. The summed E-state index contributed by atoms with van der Waals surface area (Å²) in [5.74, 6) is 0.0527. The molecule has 0 saturated carbocycles. The average molecular weight is 361 g/mol. The van der Waals surface area contributed by atoms with Crippen molar-refractivity contribution in [3.63, 3.8) is 0 Å². The first-order valence-electron chi connectivity index (χ1n) is 7.49. The highest BCUT2D eigenvalue weighted by Gasteiger charge is 2.35. The Morgan fingerprint density at radius 3 is 2.83 bits per heavy atom. The van der Waals surface area contributed by atoms with Crippen molar-refractivity contribution in [1.82, 2.24) is 19.5 Å². The van der Waals surface area contributed by atoms with E-state index in [1.54, 1.807) is 18.3 Å². The van der Waals surface area contributed by atoms with E-state index in [0.717, 1.165) is 19.4 Å². The van der Waals surface area contributed by atoms with Crippen LogP contribution in [0.1, 0.15) is 12.8 Å². The lowest BCUT2D eigenvalue weighted by atomic mass is 10.1. The summed E-state index contributed by atoms with van der Waals surface area (Å²) in [5, 5.41) is 3.04. The van der Waals surface area contributed by atoms with Gasteiger partial charge in [0.2, 0.25) is 15.9 Å². The van der Waals surface area contributed by atoms with Crippen LogP contribution in [0.15, 0.2) is 29.4 Å². The Labute approximate surface area is 142 Å². The third-order valence-electron chi connectivity index (χ3n) is 4.20. The highest BCUT2D eigenvalue weighted by Crippen LogP contribution is 2.23. The van der Waals surface area contributed by atoms with Gasteiger partial charge in [-0.15, -0.1) is 12.4 Å². The number of hydrogen-bond acceptors (Lipinski definition) is 5. The van der Waals surface area contributed by atoms with Gasteiger partial charge in [0.05, 0.1) is 6.54 Å². The lowest BCUT2D eigenvalue weighted by Gasteiger charge is -2.40. The number of nitrogens with one attached hydrogen (secondary N) is 1. The molecule has 0 bridgehead atoms. The fraction of sp³-hybridized carbons (Fsp3) is 0.571. The topological polar surface area (TPSA) is 82.6 Å². The molecule has 0 aromatic carbocycles. The number of amides is 1. The zero-order valence-corrected chi connectivity index (χ0v) is 14.4. The van der Waals surface area contributed by atoms with E-state index in [1.165, 1.54) is 10.5 Å². The van der Waals surface area contributed by atoms with Crippen LogP contribution in [0.25, 0.3) is 0 Å². The molecule has 1 aromatic rings. The predicted octanol–water partition coefficient (Wildman–Crippen LogP) is 0.0883. The maximum atomic E-state index is 12.7. The molecule has 2 saturated heterocycles. The van der Waals surface area contributed by atoms with E-state index in [4.69, 9.17) is 0 Å². The molecule has 128 valence electrons. The van der Waals surface area contributed by atoms with Crippen LogP contribution in [0.3, 0.4) is 0 Å². The fourth-order valence-corrected chi connectivity index (χ4v) is 4.53. The summed E-state index contributed by atoms with van der Waals surface area (Å²) in [4.78, 5) is 17.9. The summed E-state index contributed by atoms with van der Waals surface area (Å²) in [7, 11) is -3.53. The van der Waals surface area contributed by atoms with E-state index >= 15 is 0 Å². The molecule has 0 radical (unpaired) electrons. The summed E-state index contributed by atoms with van der Waals surface area (Å²) in [5.41, 5.74) is 0. The lowest BCUT2D eigenvalue weighted by molar-refractivity contribution is -0.135. The summed E-state index contributed by atoms with van der Waals surface area (Å²) >= 11 is 0. The standard InChI is InChI=1S/C14H20N4O3S.ClH/c19-14-10-16-6-8-18(14)12-3-2-7-17(11-12)22(20,21)13-4-1-5-15-9-13;/h1,4-5,9,12,16H,2-3,6-8,10-11H2;1H. The first kappa shape index (κ1) is 18.1. The quantitative estimate of drug-likeness (QED) is 0.826. The lowest BCUT2D eigenvalue weighted by Crippen LogP contribution is -2.57. The average Bonchev–Trinajstić information content (AvgIpc) is 2.56. The molecule has 0 spiro atoms. The normalized spacial score (nSPS) is 23.4. The molecular formula is C14H21ClN4O3S. The minimum absolute atomic E-state index is 0. The molecular weight excluding hydrogens is 340 g/mol. The predicted molar refractivity (Wildman–Crippen MR) is 87.8 cm³/mol. The Hall–Kier alpha value is -1.22. The summed E-state index contributed by atoms with van der Waals surface area (Å²) in [6.45, 7) is 2.60. The van der Waals surface area contributed by atoms with Crippen LogP contribution in [0.2, 0.25) is 0 Å². The van der Waals surface area contributed by atoms with Crippen LogP contribution < -0.4 is 5.32 Å². The zero-order valence-electron chi connectivity index (χ0n) is 12.7. The van der Waals surface area contributed by atoms with Crippen molar-refractivity contribution in [3.05, 3.63) is 24.5 Å². The maximum Gasteiger partial charge on any atom is 0.244 e. The molecule has 1 N–H and O–H groups in total. The van der Waals surface area contributed by atoms with E-state index in [2.05, 4.69) is 10.3 Å². The van der Waals surface area contributed by atoms with Gasteiger partial charge >= 0.3 is 0 Å². The smallest absolute Gasteiger partial charge is 0.244 e. The van der Waals surface area contributed by atoms with E-state index in [9.17, 15) is 13.2 Å². The maximum absolute atomic E-state index is 12.7. The number of hydrogen-bond donors (Lipinski definition) is 1. The number of carbonyl (C=O) groups excluding carboxylic acids is 1. The molecule has 2 fully saturated rings. The van der Waals surface area contributed by atoms with Crippen LogP contribution in [-0.4, -0.2) is 67.3 Å². The molecule has 1 unspecified atom stereocenters.